The normalized spacial score (nSPS) is 14.2. The second-order valence-corrected chi connectivity index (χ2v) is 9.11. The number of nitrogens with zero attached hydrogens (tertiary/aromatic N) is 1. The van der Waals surface area contributed by atoms with Gasteiger partial charge in [0.15, 0.2) is 5.43 Å². The van der Waals surface area contributed by atoms with Crippen LogP contribution in [-0.2, 0) is 14.4 Å². The number of hydrogen-bond acceptors (Lipinski definition) is 7. The van der Waals surface area contributed by atoms with E-state index in [1.165, 1.54) is 23.5 Å². The molecular weight excluding hydrogens is 402 g/mol. The molecule has 0 N–H and O–H groups in total. The smallest absolute Gasteiger partial charge is 0.288 e. The third-order valence-corrected chi connectivity index (χ3v) is 6.86. The lowest BCUT2D eigenvalue weighted by Crippen LogP contribution is -2.33. The lowest BCUT2D eigenvalue weighted by Gasteiger charge is -2.12. The second kappa shape index (κ2) is 6.77. The van der Waals surface area contributed by atoms with E-state index >= 15 is 0 Å². The van der Waals surface area contributed by atoms with E-state index in [1.54, 1.807) is 24.3 Å². The summed E-state index contributed by atoms with van der Waals surface area (Å²) < 4.78 is 30.0. The molecule has 3 aromatic rings. The van der Waals surface area contributed by atoms with Crippen LogP contribution in [0.25, 0.3) is 20.2 Å². The molecule has 1 aromatic heterocycles. The van der Waals surface area contributed by atoms with E-state index in [0.29, 0.717) is 33.0 Å². The first kappa shape index (κ1) is 18.7. The predicted molar refractivity (Wildman–Crippen MR) is 106 cm³/mol. The molecule has 2 amide bonds. The standard InChI is InChI=1S/C19H15NO6S2/c1-2-3-10-28(24,25)26-20-18(22)12-8-9-13-16(21)11-6-4-5-7-14(11)27-17(13)15(12)19(20)23/h4-9H,2-3,10H2,1H3. The highest BCUT2D eigenvalue weighted by Crippen LogP contribution is 2.34. The lowest BCUT2D eigenvalue weighted by atomic mass is 10.1. The van der Waals surface area contributed by atoms with E-state index in [0.717, 1.165) is 0 Å². The number of imide groups is 1. The van der Waals surface area contributed by atoms with E-state index in [4.69, 9.17) is 4.28 Å². The highest BCUT2D eigenvalue weighted by Gasteiger charge is 2.41. The fraction of sp³-hybridized carbons (Fsp3) is 0.211. The van der Waals surface area contributed by atoms with Gasteiger partial charge in [0.25, 0.3) is 21.9 Å². The minimum Gasteiger partial charge on any atom is -0.289 e. The quantitative estimate of drug-likeness (QED) is 0.467. The van der Waals surface area contributed by atoms with Gasteiger partial charge in [0.05, 0.1) is 21.6 Å². The van der Waals surface area contributed by atoms with E-state index in [1.807, 2.05) is 6.92 Å². The van der Waals surface area contributed by atoms with Gasteiger partial charge in [-0.2, -0.15) is 8.42 Å². The van der Waals surface area contributed by atoms with Gasteiger partial charge in [-0.15, -0.1) is 20.7 Å². The molecule has 1 aliphatic rings. The molecule has 0 bridgehead atoms. The maximum atomic E-state index is 12.8. The number of fused-ring (bicyclic) bond motifs is 4. The van der Waals surface area contributed by atoms with Gasteiger partial charge in [-0.1, -0.05) is 25.5 Å². The van der Waals surface area contributed by atoms with Crippen molar-refractivity contribution in [1.29, 1.82) is 0 Å². The summed E-state index contributed by atoms with van der Waals surface area (Å²) in [7, 11) is -4.08. The zero-order valence-corrected chi connectivity index (χ0v) is 16.4. The van der Waals surface area contributed by atoms with E-state index in [2.05, 4.69) is 0 Å². The van der Waals surface area contributed by atoms with Crippen molar-refractivity contribution in [2.24, 2.45) is 0 Å². The molecule has 9 heteroatoms. The number of amides is 2. The number of rotatable bonds is 5. The third-order valence-electron chi connectivity index (χ3n) is 4.50. The SMILES string of the molecule is CCCCS(=O)(=O)ON1C(=O)c2ccc3c(=O)c4ccccc4sc3c2C1=O. The Morgan fingerprint density at radius 3 is 2.50 bits per heavy atom. The van der Waals surface area contributed by atoms with Crippen molar-refractivity contribution in [2.45, 2.75) is 19.8 Å². The molecule has 0 radical (unpaired) electrons. The van der Waals surface area contributed by atoms with Crippen LogP contribution in [0.5, 0.6) is 0 Å². The summed E-state index contributed by atoms with van der Waals surface area (Å²) in [6, 6.07) is 9.83. The lowest BCUT2D eigenvalue weighted by molar-refractivity contribution is -0.0103. The van der Waals surface area contributed by atoms with Crippen LogP contribution < -0.4 is 5.43 Å². The molecule has 0 aliphatic carbocycles. The summed E-state index contributed by atoms with van der Waals surface area (Å²) in [6.45, 7) is 1.82. The topological polar surface area (TPSA) is 97.8 Å². The fourth-order valence-electron chi connectivity index (χ4n) is 3.10. The minimum absolute atomic E-state index is 0.000967. The molecule has 0 fully saturated rings. The molecule has 144 valence electrons. The Morgan fingerprint density at radius 2 is 1.75 bits per heavy atom. The molecule has 2 heterocycles. The van der Waals surface area contributed by atoms with Crippen molar-refractivity contribution in [3.05, 3.63) is 57.7 Å². The van der Waals surface area contributed by atoms with Crippen molar-refractivity contribution < 1.29 is 22.3 Å². The van der Waals surface area contributed by atoms with Crippen LogP contribution in [0.3, 0.4) is 0 Å². The van der Waals surface area contributed by atoms with Gasteiger partial charge in [-0.05, 0) is 30.7 Å². The van der Waals surface area contributed by atoms with Crippen molar-refractivity contribution in [3.63, 3.8) is 0 Å². The largest absolute Gasteiger partial charge is 0.289 e. The Kier molecular flexibility index (Phi) is 4.53. The fourth-order valence-corrected chi connectivity index (χ4v) is 5.39. The molecule has 0 atom stereocenters. The molecule has 0 saturated carbocycles. The van der Waals surface area contributed by atoms with Crippen LogP contribution in [-0.4, -0.2) is 31.0 Å². The Morgan fingerprint density at radius 1 is 1.00 bits per heavy atom. The molecule has 0 saturated heterocycles. The van der Waals surface area contributed by atoms with Crippen LogP contribution in [0, 0.1) is 0 Å². The van der Waals surface area contributed by atoms with Gasteiger partial charge in [-0.3, -0.25) is 14.4 Å². The molecule has 28 heavy (non-hydrogen) atoms. The van der Waals surface area contributed by atoms with Crippen molar-refractivity contribution in [2.75, 3.05) is 5.75 Å². The Bertz CT molecular complexity index is 1310. The zero-order valence-electron chi connectivity index (χ0n) is 14.8. The molecular formula is C19H15NO6S2. The molecule has 0 unspecified atom stereocenters. The average molecular weight is 417 g/mol. The second-order valence-electron chi connectivity index (χ2n) is 6.39. The van der Waals surface area contributed by atoms with Crippen LogP contribution in [0.4, 0.5) is 0 Å². The van der Waals surface area contributed by atoms with Crippen LogP contribution in [0.15, 0.2) is 41.2 Å². The third kappa shape index (κ3) is 2.92. The first-order valence-electron chi connectivity index (χ1n) is 8.63. The number of benzene rings is 2. The predicted octanol–water partition coefficient (Wildman–Crippen LogP) is 3.07. The zero-order chi connectivity index (χ0) is 20.1. The van der Waals surface area contributed by atoms with Crippen LogP contribution >= 0.6 is 11.3 Å². The van der Waals surface area contributed by atoms with Gasteiger partial charge in [0.2, 0.25) is 0 Å². The number of hydroxylamine groups is 2. The van der Waals surface area contributed by atoms with Gasteiger partial charge < -0.3 is 0 Å². The average Bonchev–Trinajstić information content (AvgIpc) is 2.91. The van der Waals surface area contributed by atoms with Crippen LogP contribution in [0.1, 0.15) is 40.5 Å². The highest BCUT2D eigenvalue weighted by molar-refractivity contribution is 7.86. The first-order valence-corrected chi connectivity index (χ1v) is 11.0. The van der Waals surface area contributed by atoms with Crippen molar-refractivity contribution >= 4 is 53.4 Å². The molecule has 7 nitrogen and oxygen atoms in total. The number of hydrogen-bond donors (Lipinski definition) is 0. The number of unbranched alkanes of at least 4 members (excludes halogenated alkanes) is 1. The van der Waals surface area contributed by atoms with E-state index in [9.17, 15) is 22.8 Å². The summed E-state index contributed by atoms with van der Waals surface area (Å²) >= 11 is 1.21. The highest BCUT2D eigenvalue weighted by atomic mass is 32.2. The maximum absolute atomic E-state index is 12.8. The van der Waals surface area contributed by atoms with Crippen molar-refractivity contribution in [1.82, 2.24) is 5.06 Å². The summed E-state index contributed by atoms with van der Waals surface area (Å²) in [5.74, 6) is -2.03. The summed E-state index contributed by atoms with van der Waals surface area (Å²) in [6.07, 6.45) is 0.971. The molecule has 1 aliphatic heterocycles. The number of carbonyl (C=O) groups is 2. The molecule has 0 spiro atoms. The summed E-state index contributed by atoms with van der Waals surface area (Å²) in [4.78, 5) is 38.2. The maximum Gasteiger partial charge on any atom is 0.288 e. The van der Waals surface area contributed by atoms with Gasteiger partial charge >= 0.3 is 0 Å². The van der Waals surface area contributed by atoms with Gasteiger partial charge in [0.1, 0.15) is 0 Å². The number of carbonyl (C=O) groups excluding carboxylic acids is 2. The Balaban J connectivity index is 1.86. The van der Waals surface area contributed by atoms with Gasteiger partial charge in [-0.25, -0.2) is 0 Å². The first-order chi connectivity index (χ1) is 13.3. The monoisotopic (exact) mass is 417 g/mol. The Hall–Kier alpha value is -2.62. The van der Waals surface area contributed by atoms with Gasteiger partial charge in [0, 0.05) is 15.5 Å². The van der Waals surface area contributed by atoms with E-state index < -0.39 is 21.9 Å². The van der Waals surface area contributed by atoms with Crippen LogP contribution in [0.2, 0.25) is 0 Å². The van der Waals surface area contributed by atoms with Crippen molar-refractivity contribution in [3.8, 4) is 0 Å². The Labute approximate surface area is 164 Å². The molecule has 4 rings (SSSR count). The molecule has 2 aromatic carbocycles. The minimum atomic E-state index is -4.08. The summed E-state index contributed by atoms with van der Waals surface area (Å²) in [5.41, 5.74) is -0.225. The summed E-state index contributed by atoms with van der Waals surface area (Å²) in [5, 5.41) is 1.10. The van der Waals surface area contributed by atoms with E-state index in [-0.39, 0.29) is 27.4 Å².